The molecule has 0 N–H and O–H groups in total. The zero-order chi connectivity index (χ0) is 14.1. The van der Waals surface area contributed by atoms with Crippen LogP contribution in [0.1, 0.15) is 60.3 Å². The molecule has 0 unspecified atom stereocenters. The van der Waals surface area contributed by atoms with Crippen LogP contribution >= 0.6 is 7.60 Å². The fraction of sp³-hybridized carbons (Fsp3) is 0.857. The summed E-state index contributed by atoms with van der Waals surface area (Å²) in [5.41, 5.74) is 2.52. The maximum Gasteiger partial charge on any atom is 0.405 e. The lowest BCUT2D eigenvalue weighted by Crippen LogP contribution is -2.02. The van der Waals surface area contributed by atoms with Crippen LogP contribution in [0.25, 0.3) is 0 Å². The van der Waals surface area contributed by atoms with Crippen LogP contribution in [0, 0.1) is 17.0 Å². The Morgan fingerprint density at radius 1 is 1.00 bits per heavy atom. The fourth-order valence-electron chi connectivity index (χ4n) is 0.996. The van der Waals surface area contributed by atoms with Crippen LogP contribution in [0.4, 0.5) is 0 Å². The van der Waals surface area contributed by atoms with Gasteiger partial charge in [0.25, 0.3) is 0 Å². The molecular weight excluding hydrogens is 247 g/mol. The highest BCUT2D eigenvalue weighted by atomic mass is 31.2. The molecule has 0 aliphatic rings. The first-order chi connectivity index (χ1) is 8.33. The highest BCUT2D eigenvalue weighted by Crippen LogP contribution is 2.47. The largest absolute Gasteiger partial charge is 0.405 e. The van der Waals surface area contributed by atoms with Crippen molar-refractivity contribution in [2.75, 3.05) is 13.2 Å². The molecule has 0 bridgehead atoms. The minimum atomic E-state index is -3.24. The first kappa shape index (κ1) is 17.7. The van der Waals surface area contributed by atoms with Gasteiger partial charge >= 0.3 is 7.60 Å². The predicted molar refractivity (Wildman–Crippen MR) is 76.6 cm³/mol. The summed E-state index contributed by atoms with van der Waals surface area (Å²) in [5.74, 6) is 2.95. The second-order valence-electron chi connectivity index (χ2n) is 5.36. The Kier molecular flexibility index (Phi) is 8.61. The summed E-state index contributed by atoms with van der Waals surface area (Å²) in [6.45, 7) is 10.9. The van der Waals surface area contributed by atoms with Gasteiger partial charge in [0.15, 0.2) is 0 Å². The number of unbranched alkanes of at least 4 members (excludes halogenated alkanes) is 2. The molecule has 0 aromatic heterocycles. The molecule has 0 radical (unpaired) electrons. The van der Waals surface area contributed by atoms with Gasteiger partial charge in [0.1, 0.15) is 0 Å². The summed E-state index contributed by atoms with van der Waals surface area (Å²) >= 11 is 0. The smallest absolute Gasteiger partial charge is 0.299 e. The van der Waals surface area contributed by atoms with Gasteiger partial charge in [-0.05, 0) is 33.6 Å². The third-order valence-electron chi connectivity index (χ3n) is 2.09. The van der Waals surface area contributed by atoms with Crippen molar-refractivity contribution in [1.29, 1.82) is 0 Å². The van der Waals surface area contributed by atoms with Gasteiger partial charge in [0, 0.05) is 11.1 Å². The van der Waals surface area contributed by atoms with E-state index in [1.165, 1.54) is 0 Å². The van der Waals surface area contributed by atoms with Crippen molar-refractivity contribution in [3.05, 3.63) is 0 Å². The van der Waals surface area contributed by atoms with E-state index < -0.39 is 7.60 Å². The molecule has 0 aliphatic carbocycles. The molecule has 0 saturated carbocycles. The molecule has 0 fully saturated rings. The molecular formula is C14H27O3P. The maximum absolute atomic E-state index is 12.4. The molecule has 0 spiro atoms. The zero-order valence-corrected chi connectivity index (χ0v) is 13.3. The average molecular weight is 274 g/mol. The lowest BCUT2D eigenvalue weighted by Gasteiger charge is -2.14. The van der Waals surface area contributed by atoms with Gasteiger partial charge in [0.2, 0.25) is 0 Å². The molecule has 18 heavy (non-hydrogen) atoms. The molecule has 0 aliphatic heterocycles. The lowest BCUT2D eigenvalue weighted by molar-refractivity contribution is 0.209. The minimum Gasteiger partial charge on any atom is -0.299 e. The highest BCUT2D eigenvalue weighted by molar-refractivity contribution is 7.59. The molecule has 0 aromatic rings. The normalized spacial score (nSPS) is 12.1. The Balaban J connectivity index is 4.57. The topological polar surface area (TPSA) is 35.5 Å². The van der Waals surface area contributed by atoms with E-state index in [1.807, 2.05) is 20.8 Å². The minimum absolute atomic E-state index is 0.197. The van der Waals surface area contributed by atoms with Crippen LogP contribution in [0.15, 0.2) is 0 Å². The van der Waals surface area contributed by atoms with Crippen LogP contribution in [0.5, 0.6) is 0 Å². The number of hydrogen-bond donors (Lipinski definition) is 0. The summed E-state index contributed by atoms with van der Waals surface area (Å²) in [4.78, 5) is 0. The van der Waals surface area contributed by atoms with Crippen molar-refractivity contribution in [2.45, 2.75) is 60.3 Å². The quantitative estimate of drug-likeness (QED) is 0.361. The Bertz CT molecular complexity index is 306. The molecule has 3 nitrogen and oxygen atoms in total. The second-order valence-corrected chi connectivity index (χ2v) is 7.09. The van der Waals surface area contributed by atoms with E-state index in [0.29, 0.717) is 13.2 Å². The summed E-state index contributed by atoms with van der Waals surface area (Å²) in [6, 6.07) is 0. The molecule has 0 heterocycles. The third kappa shape index (κ3) is 9.71. The van der Waals surface area contributed by atoms with Gasteiger partial charge in [-0.3, -0.25) is 9.05 Å². The van der Waals surface area contributed by atoms with Crippen molar-refractivity contribution in [1.82, 2.24) is 0 Å². The molecule has 0 aromatic carbocycles. The van der Waals surface area contributed by atoms with E-state index in [0.717, 1.165) is 25.7 Å². The van der Waals surface area contributed by atoms with Gasteiger partial charge in [-0.25, -0.2) is 4.57 Å². The Hall–Kier alpha value is -0.290. The van der Waals surface area contributed by atoms with Crippen LogP contribution in [-0.2, 0) is 13.6 Å². The molecule has 106 valence electrons. The molecule has 4 heteroatoms. The molecule has 0 rings (SSSR count). The van der Waals surface area contributed by atoms with Gasteiger partial charge in [-0.15, -0.1) is 0 Å². The van der Waals surface area contributed by atoms with Crippen molar-refractivity contribution >= 4 is 7.60 Å². The van der Waals surface area contributed by atoms with Crippen molar-refractivity contribution in [2.24, 2.45) is 5.41 Å². The van der Waals surface area contributed by atoms with E-state index in [2.05, 4.69) is 25.4 Å². The fourth-order valence-corrected chi connectivity index (χ4v) is 2.41. The first-order valence-corrected chi connectivity index (χ1v) is 8.31. The second kappa shape index (κ2) is 8.75. The summed E-state index contributed by atoms with van der Waals surface area (Å²) in [6.07, 6.45) is 3.75. The Morgan fingerprint density at radius 2 is 1.44 bits per heavy atom. The van der Waals surface area contributed by atoms with Gasteiger partial charge in [-0.2, -0.15) is 0 Å². The number of rotatable bonds is 8. The van der Waals surface area contributed by atoms with E-state index in [1.54, 1.807) is 0 Å². The Labute approximate surface area is 112 Å². The predicted octanol–water partition coefficient (Wildman–Crippen LogP) is 4.82. The van der Waals surface area contributed by atoms with E-state index in [9.17, 15) is 4.57 Å². The van der Waals surface area contributed by atoms with E-state index in [4.69, 9.17) is 9.05 Å². The Morgan fingerprint density at radius 3 is 1.78 bits per heavy atom. The maximum atomic E-state index is 12.4. The SMILES string of the molecule is CCCCOP(=O)(C#CC(C)(C)C)OCCCC. The van der Waals surface area contributed by atoms with Crippen molar-refractivity contribution in [3.8, 4) is 11.6 Å². The van der Waals surface area contributed by atoms with Crippen LogP contribution in [0.3, 0.4) is 0 Å². The average Bonchev–Trinajstić information content (AvgIpc) is 2.27. The molecule has 0 atom stereocenters. The lowest BCUT2D eigenvalue weighted by atomic mass is 9.99. The van der Waals surface area contributed by atoms with Crippen molar-refractivity contribution < 1.29 is 13.6 Å². The number of hydrogen-bond acceptors (Lipinski definition) is 3. The van der Waals surface area contributed by atoms with Gasteiger partial charge in [-0.1, -0.05) is 32.6 Å². The van der Waals surface area contributed by atoms with Crippen molar-refractivity contribution in [3.63, 3.8) is 0 Å². The highest BCUT2D eigenvalue weighted by Gasteiger charge is 2.22. The van der Waals surface area contributed by atoms with E-state index in [-0.39, 0.29) is 5.41 Å². The third-order valence-corrected chi connectivity index (χ3v) is 3.52. The van der Waals surface area contributed by atoms with Crippen LogP contribution in [-0.4, -0.2) is 13.2 Å². The monoisotopic (exact) mass is 274 g/mol. The summed E-state index contributed by atoms with van der Waals surface area (Å²) < 4.78 is 23.1. The van der Waals surface area contributed by atoms with Gasteiger partial charge in [0.05, 0.1) is 13.2 Å². The molecule has 0 saturated heterocycles. The molecule has 0 amide bonds. The summed E-state index contributed by atoms with van der Waals surface area (Å²) in [5, 5.41) is 0. The first-order valence-electron chi connectivity index (χ1n) is 6.76. The van der Waals surface area contributed by atoms with Crippen LogP contribution < -0.4 is 0 Å². The van der Waals surface area contributed by atoms with Crippen LogP contribution in [0.2, 0.25) is 0 Å². The standard InChI is InChI=1S/C14H27O3P/c1-6-8-11-16-18(15,17-12-9-7-2)13-10-14(3,4)5/h6-9,11-12H2,1-5H3. The van der Waals surface area contributed by atoms with Gasteiger partial charge < -0.3 is 0 Å². The van der Waals surface area contributed by atoms with E-state index >= 15 is 0 Å². The zero-order valence-electron chi connectivity index (χ0n) is 12.4. The summed E-state index contributed by atoms with van der Waals surface area (Å²) in [7, 11) is -3.24.